The summed E-state index contributed by atoms with van der Waals surface area (Å²) >= 11 is 5.86. The topological polar surface area (TPSA) is 38.3 Å². The molecule has 1 amide bonds. The summed E-state index contributed by atoms with van der Waals surface area (Å²) in [4.78, 5) is 11.5. The van der Waals surface area contributed by atoms with Gasteiger partial charge in [-0.05, 0) is 17.7 Å². The van der Waals surface area contributed by atoms with Crippen molar-refractivity contribution in [3.8, 4) is 0 Å². The van der Waals surface area contributed by atoms with E-state index in [1.54, 1.807) is 19.2 Å². The number of amides is 1. The van der Waals surface area contributed by atoms with E-state index in [0.29, 0.717) is 18.1 Å². The van der Waals surface area contributed by atoms with Gasteiger partial charge in [0.05, 0.1) is 6.61 Å². The van der Waals surface area contributed by atoms with E-state index < -0.39 is 6.10 Å². The lowest BCUT2D eigenvalue weighted by atomic mass is 10.2. The molecule has 0 radical (unpaired) electrons. The Labute approximate surface area is 106 Å². The van der Waals surface area contributed by atoms with Gasteiger partial charge in [0.25, 0.3) is 0 Å². The molecular weight excluding hydrogens is 238 g/mol. The Morgan fingerprint density at radius 1 is 1.65 bits per heavy atom. The minimum Gasteiger partial charge on any atom is -0.363 e. The Hall–Kier alpha value is -1.32. The van der Waals surface area contributed by atoms with Crippen LogP contribution in [0.4, 0.5) is 0 Å². The molecule has 3 nitrogen and oxygen atoms in total. The highest BCUT2D eigenvalue weighted by molar-refractivity contribution is 6.30. The van der Waals surface area contributed by atoms with Crippen LogP contribution >= 0.6 is 11.6 Å². The summed E-state index contributed by atoms with van der Waals surface area (Å²) in [6.45, 7) is 3.96. The van der Waals surface area contributed by atoms with E-state index in [9.17, 15) is 4.79 Å². The molecule has 0 aliphatic heterocycles. The summed E-state index contributed by atoms with van der Waals surface area (Å²) < 4.78 is 5.53. The number of hydrogen-bond acceptors (Lipinski definition) is 2. The second-order valence-electron chi connectivity index (χ2n) is 3.57. The van der Waals surface area contributed by atoms with E-state index in [4.69, 9.17) is 16.3 Å². The van der Waals surface area contributed by atoms with Crippen LogP contribution in [0.3, 0.4) is 0 Å². The number of benzene rings is 1. The van der Waals surface area contributed by atoms with Crippen LogP contribution in [0.5, 0.6) is 0 Å². The normalized spacial score (nSPS) is 11.9. The molecule has 0 aliphatic rings. The number of ether oxygens (including phenoxy) is 1. The number of hydrogen-bond donors (Lipinski definition) is 1. The molecule has 0 heterocycles. The fourth-order valence-electron chi connectivity index (χ4n) is 1.39. The van der Waals surface area contributed by atoms with Crippen molar-refractivity contribution >= 4 is 17.5 Å². The van der Waals surface area contributed by atoms with Crippen LogP contribution in [0.15, 0.2) is 36.9 Å². The van der Waals surface area contributed by atoms with Gasteiger partial charge in [-0.1, -0.05) is 29.8 Å². The number of carbonyl (C=O) groups excluding carboxylic acids is 1. The third-order valence-corrected chi connectivity index (χ3v) is 2.49. The van der Waals surface area contributed by atoms with Crippen molar-refractivity contribution in [3.05, 3.63) is 47.5 Å². The molecule has 17 heavy (non-hydrogen) atoms. The fourth-order valence-corrected chi connectivity index (χ4v) is 1.60. The first kappa shape index (κ1) is 13.7. The Bertz CT molecular complexity index is 393. The van der Waals surface area contributed by atoms with Crippen molar-refractivity contribution in [2.75, 3.05) is 7.05 Å². The predicted octanol–water partition coefficient (Wildman–Crippen LogP) is 2.55. The van der Waals surface area contributed by atoms with E-state index in [-0.39, 0.29) is 5.91 Å². The Balaban J connectivity index is 2.57. The van der Waals surface area contributed by atoms with Crippen LogP contribution in [0.1, 0.15) is 12.0 Å². The van der Waals surface area contributed by atoms with Gasteiger partial charge in [0, 0.05) is 18.5 Å². The van der Waals surface area contributed by atoms with Crippen molar-refractivity contribution in [2.24, 2.45) is 0 Å². The van der Waals surface area contributed by atoms with Crippen molar-refractivity contribution in [1.29, 1.82) is 0 Å². The van der Waals surface area contributed by atoms with Crippen LogP contribution in [0.2, 0.25) is 5.02 Å². The first-order valence-corrected chi connectivity index (χ1v) is 5.73. The van der Waals surface area contributed by atoms with Crippen molar-refractivity contribution < 1.29 is 9.53 Å². The maximum atomic E-state index is 11.5. The van der Waals surface area contributed by atoms with Gasteiger partial charge < -0.3 is 10.1 Å². The number of rotatable bonds is 6. The van der Waals surface area contributed by atoms with E-state index >= 15 is 0 Å². The molecule has 92 valence electrons. The molecule has 1 atom stereocenters. The third kappa shape index (κ3) is 4.59. The molecule has 0 spiro atoms. The lowest BCUT2D eigenvalue weighted by molar-refractivity contribution is -0.132. The summed E-state index contributed by atoms with van der Waals surface area (Å²) in [6.07, 6.45) is 1.65. The predicted molar refractivity (Wildman–Crippen MR) is 68.9 cm³/mol. The van der Waals surface area contributed by atoms with Crippen LogP contribution in [0, 0.1) is 0 Å². The zero-order valence-corrected chi connectivity index (χ0v) is 10.5. The van der Waals surface area contributed by atoms with Gasteiger partial charge in [-0.3, -0.25) is 4.79 Å². The molecule has 0 fully saturated rings. The number of nitrogens with one attached hydrogen (secondary N) is 1. The van der Waals surface area contributed by atoms with Crippen LogP contribution in [-0.4, -0.2) is 19.1 Å². The van der Waals surface area contributed by atoms with Crippen molar-refractivity contribution in [1.82, 2.24) is 5.32 Å². The summed E-state index contributed by atoms with van der Waals surface area (Å²) in [5.74, 6) is -0.146. The van der Waals surface area contributed by atoms with Crippen LogP contribution in [0.25, 0.3) is 0 Å². The van der Waals surface area contributed by atoms with Gasteiger partial charge in [-0.25, -0.2) is 0 Å². The first-order chi connectivity index (χ1) is 8.17. The minimum atomic E-state index is -0.503. The van der Waals surface area contributed by atoms with E-state index in [1.807, 2.05) is 18.2 Å². The Kier molecular flexibility index (Phi) is 5.73. The van der Waals surface area contributed by atoms with Crippen molar-refractivity contribution in [2.45, 2.75) is 19.1 Å². The highest BCUT2D eigenvalue weighted by Crippen LogP contribution is 2.13. The van der Waals surface area contributed by atoms with Crippen molar-refractivity contribution in [3.63, 3.8) is 0 Å². The lowest BCUT2D eigenvalue weighted by Gasteiger charge is -2.14. The third-order valence-electron chi connectivity index (χ3n) is 2.26. The summed E-state index contributed by atoms with van der Waals surface area (Å²) in [5, 5.41) is 3.22. The number of likely N-dealkylation sites (N-methyl/N-ethyl adjacent to an activating group) is 1. The smallest absolute Gasteiger partial charge is 0.249 e. The second-order valence-corrected chi connectivity index (χ2v) is 4.00. The molecule has 0 saturated carbocycles. The monoisotopic (exact) mass is 253 g/mol. The molecule has 0 aromatic heterocycles. The number of carbonyl (C=O) groups is 1. The highest BCUT2D eigenvalue weighted by atomic mass is 35.5. The summed E-state index contributed by atoms with van der Waals surface area (Å²) in [6, 6.07) is 7.37. The SMILES string of the molecule is C=CCC(OCc1cccc(Cl)c1)C(=O)NC. The molecule has 0 bridgehead atoms. The Morgan fingerprint density at radius 3 is 3.00 bits per heavy atom. The molecule has 0 saturated heterocycles. The van der Waals surface area contributed by atoms with Gasteiger partial charge in [0.1, 0.15) is 6.10 Å². The first-order valence-electron chi connectivity index (χ1n) is 5.36. The van der Waals surface area contributed by atoms with E-state index in [0.717, 1.165) is 5.56 Å². The molecule has 1 N–H and O–H groups in total. The zero-order valence-electron chi connectivity index (χ0n) is 9.78. The zero-order chi connectivity index (χ0) is 12.7. The fraction of sp³-hybridized carbons (Fsp3) is 0.308. The maximum Gasteiger partial charge on any atom is 0.249 e. The van der Waals surface area contributed by atoms with Gasteiger partial charge in [-0.15, -0.1) is 6.58 Å². The van der Waals surface area contributed by atoms with Gasteiger partial charge in [0.15, 0.2) is 0 Å². The Morgan fingerprint density at radius 2 is 2.41 bits per heavy atom. The average Bonchev–Trinajstić information content (AvgIpc) is 2.33. The lowest BCUT2D eigenvalue weighted by Crippen LogP contribution is -2.33. The largest absolute Gasteiger partial charge is 0.363 e. The second kappa shape index (κ2) is 7.09. The number of halogens is 1. The highest BCUT2D eigenvalue weighted by Gasteiger charge is 2.15. The average molecular weight is 254 g/mol. The standard InChI is InChI=1S/C13H16ClNO2/c1-3-5-12(13(16)15-2)17-9-10-6-4-7-11(14)8-10/h3-4,6-8,12H,1,5,9H2,2H3,(H,15,16). The summed E-state index contributed by atoms with van der Waals surface area (Å²) in [7, 11) is 1.58. The summed E-state index contributed by atoms with van der Waals surface area (Å²) in [5.41, 5.74) is 0.940. The van der Waals surface area contributed by atoms with Gasteiger partial charge >= 0.3 is 0 Å². The maximum absolute atomic E-state index is 11.5. The minimum absolute atomic E-state index is 0.146. The molecule has 1 aromatic rings. The van der Waals surface area contributed by atoms with Crippen LogP contribution < -0.4 is 5.32 Å². The van der Waals surface area contributed by atoms with Crippen LogP contribution in [-0.2, 0) is 16.1 Å². The van der Waals surface area contributed by atoms with E-state index in [1.165, 1.54) is 0 Å². The molecule has 0 aliphatic carbocycles. The molecule has 1 aromatic carbocycles. The van der Waals surface area contributed by atoms with Gasteiger partial charge in [0.2, 0.25) is 5.91 Å². The quantitative estimate of drug-likeness (QED) is 0.792. The molecule has 1 rings (SSSR count). The molecule has 1 unspecified atom stereocenters. The van der Waals surface area contributed by atoms with Gasteiger partial charge in [-0.2, -0.15) is 0 Å². The molecule has 4 heteroatoms. The van der Waals surface area contributed by atoms with E-state index in [2.05, 4.69) is 11.9 Å². The molecular formula is C13H16ClNO2.